The smallest absolute Gasteiger partial charge is 0.338 e. The molecule has 3 aromatic rings. The van der Waals surface area contributed by atoms with E-state index in [4.69, 9.17) is 21.1 Å². The Kier molecular flexibility index (Phi) is 8.80. The highest BCUT2D eigenvalue weighted by atomic mass is 127. The molecule has 0 aliphatic carbocycles. The topological polar surface area (TPSA) is 52.6 Å². The summed E-state index contributed by atoms with van der Waals surface area (Å²) in [5, 5.41) is 0.692. The van der Waals surface area contributed by atoms with Crippen molar-refractivity contribution in [2.45, 2.75) is 25.5 Å². The van der Waals surface area contributed by atoms with E-state index in [1.807, 2.05) is 77.2 Å². The predicted molar refractivity (Wildman–Crippen MR) is 131 cm³/mol. The van der Waals surface area contributed by atoms with E-state index in [2.05, 4.69) is 12.1 Å². The number of carbonyl (C=O) groups excluding carboxylic acids is 2. The predicted octanol–water partition coefficient (Wildman–Crippen LogP) is 5.96. The molecule has 4 nitrogen and oxygen atoms in total. The maximum absolute atomic E-state index is 12.3. The van der Waals surface area contributed by atoms with Crippen LogP contribution < -0.4 is 0 Å². The Morgan fingerprint density at radius 2 is 1.35 bits per heavy atom. The molecule has 0 radical (unpaired) electrons. The average molecular weight is 568 g/mol. The Balaban J connectivity index is 1.72. The van der Waals surface area contributed by atoms with Gasteiger partial charge in [-0.25, -0.2) is 4.79 Å². The van der Waals surface area contributed by atoms with Crippen molar-refractivity contribution in [1.29, 1.82) is 0 Å². The lowest BCUT2D eigenvalue weighted by Crippen LogP contribution is -2.18. The van der Waals surface area contributed by atoms with Gasteiger partial charge in [0.05, 0.1) is 16.5 Å². The van der Waals surface area contributed by atoms with Gasteiger partial charge < -0.3 is 9.47 Å². The van der Waals surface area contributed by atoms with E-state index in [9.17, 15) is 9.59 Å². The van der Waals surface area contributed by atoms with Crippen LogP contribution in [0.15, 0.2) is 93.5 Å². The van der Waals surface area contributed by atoms with E-state index in [0.717, 1.165) is 9.79 Å². The lowest BCUT2D eigenvalue weighted by molar-refractivity contribution is -0.143. The summed E-state index contributed by atoms with van der Waals surface area (Å²) in [6, 6.07) is 25.4. The van der Waals surface area contributed by atoms with Crippen LogP contribution in [-0.2, 0) is 25.2 Å². The van der Waals surface area contributed by atoms with E-state index in [1.165, 1.54) is 4.90 Å². The fourth-order valence-electron chi connectivity index (χ4n) is 2.74. The van der Waals surface area contributed by atoms with Gasteiger partial charge in [0.1, 0.15) is 17.1 Å². The van der Waals surface area contributed by atoms with Gasteiger partial charge in [-0.1, -0.05) is 52.4 Å². The molecule has 0 aliphatic rings. The van der Waals surface area contributed by atoms with Gasteiger partial charge in [-0.05, 0) is 67.6 Å². The third kappa shape index (κ3) is 6.72. The van der Waals surface area contributed by atoms with Crippen LogP contribution in [0.4, 0.5) is 0 Å². The van der Waals surface area contributed by atoms with Gasteiger partial charge in [0.25, 0.3) is 0 Å². The largest absolute Gasteiger partial charge is 0.461 e. The normalized spacial score (nSPS) is 12.6. The number of hydrogen-bond acceptors (Lipinski definition) is 4. The number of halogens is 2. The van der Waals surface area contributed by atoms with Crippen molar-refractivity contribution in [3.63, 3.8) is 0 Å². The zero-order valence-corrected chi connectivity index (χ0v) is 20.5. The molecule has 0 saturated carbocycles. The van der Waals surface area contributed by atoms with Crippen LogP contribution in [0, 0.1) is 0 Å². The molecule has 0 aliphatic heterocycles. The monoisotopic (exact) mass is 567 g/mol. The van der Waals surface area contributed by atoms with Crippen molar-refractivity contribution in [3.05, 3.63) is 89.4 Å². The van der Waals surface area contributed by atoms with Gasteiger partial charge in [-0.2, -0.15) is 0 Å². The fraction of sp³-hybridized carbons (Fsp3) is 0.167. The summed E-state index contributed by atoms with van der Waals surface area (Å²) in [5.41, 5.74) is 0.449. The van der Waals surface area contributed by atoms with Crippen molar-refractivity contribution >= 4 is 57.0 Å². The first-order valence-electron chi connectivity index (χ1n) is 9.58. The quantitative estimate of drug-likeness (QED) is 0.111. The molecule has 0 fully saturated rings. The average Bonchev–Trinajstić information content (AvgIpc) is 2.79. The summed E-state index contributed by atoms with van der Waals surface area (Å²) >= 11 is 8.05. The Labute approximate surface area is 203 Å². The van der Waals surface area contributed by atoms with Gasteiger partial charge >= 0.3 is 11.9 Å². The molecule has 2 atom stereocenters. The van der Waals surface area contributed by atoms with Crippen molar-refractivity contribution in [2.75, 3.05) is 13.2 Å². The summed E-state index contributed by atoms with van der Waals surface area (Å²) in [6.45, 7) is 1.81. The summed E-state index contributed by atoms with van der Waals surface area (Å²) in [5.74, 6) is -0.771. The van der Waals surface area contributed by atoms with Crippen LogP contribution in [0.25, 0.3) is 0 Å². The standard InChI is InChI=1S/C24H21ClIO4S/c1-17(26)23(27)29-15-16-30-24(28)18-7-11-21(12-8-18)31(20-5-3-2-4-6-20)22-13-9-19(25)10-14-22/h2-14,17H,15-16H2,1H3/q+1. The van der Waals surface area contributed by atoms with Crippen molar-refractivity contribution in [2.24, 2.45) is 0 Å². The molecule has 0 amide bonds. The van der Waals surface area contributed by atoms with Gasteiger partial charge in [0, 0.05) is 5.02 Å². The number of alkyl halides is 1. The molecule has 3 aromatic carbocycles. The first-order valence-corrected chi connectivity index (χ1v) is 12.4. The minimum atomic E-state index is -0.448. The lowest BCUT2D eigenvalue weighted by Gasteiger charge is -2.09. The maximum atomic E-state index is 12.3. The maximum Gasteiger partial charge on any atom is 0.338 e. The van der Waals surface area contributed by atoms with Crippen molar-refractivity contribution < 1.29 is 19.1 Å². The Morgan fingerprint density at radius 1 is 0.839 bits per heavy atom. The number of esters is 2. The molecule has 31 heavy (non-hydrogen) atoms. The second kappa shape index (κ2) is 11.5. The number of rotatable bonds is 8. The van der Waals surface area contributed by atoms with Gasteiger partial charge in [-0.3, -0.25) is 4.79 Å². The Morgan fingerprint density at radius 3 is 1.94 bits per heavy atom. The van der Waals surface area contributed by atoms with E-state index in [0.29, 0.717) is 10.6 Å². The van der Waals surface area contributed by atoms with Crippen LogP contribution in [0.1, 0.15) is 17.3 Å². The van der Waals surface area contributed by atoms with Crippen LogP contribution in [0.2, 0.25) is 5.02 Å². The van der Waals surface area contributed by atoms with Gasteiger partial charge in [0.15, 0.2) is 14.7 Å². The highest BCUT2D eigenvalue weighted by Crippen LogP contribution is 2.32. The van der Waals surface area contributed by atoms with E-state index < -0.39 is 5.97 Å². The summed E-state index contributed by atoms with van der Waals surface area (Å²) < 4.78 is 9.99. The lowest BCUT2D eigenvalue weighted by atomic mass is 10.2. The molecule has 0 aromatic heterocycles. The molecule has 0 bridgehead atoms. The molecular formula is C24H21ClIO4S+. The number of benzene rings is 3. The van der Waals surface area contributed by atoms with Crippen molar-refractivity contribution in [1.82, 2.24) is 0 Å². The van der Waals surface area contributed by atoms with E-state index in [-0.39, 0.29) is 34.0 Å². The highest BCUT2D eigenvalue weighted by molar-refractivity contribution is 14.1. The summed E-state index contributed by atoms with van der Waals surface area (Å²) in [6.07, 6.45) is 0. The van der Waals surface area contributed by atoms with Crippen LogP contribution in [0.5, 0.6) is 0 Å². The summed E-state index contributed by atoms with van der Waals surface area (Å²) in [7, 11) is -0.330. The first kappa shape index (κ1) is 23.6. The van der Waals surface area contributed by atoms with E-state index in [1.54, 1.807) is 19.1 Å². The molecule has 2 unspecified atom stereocenters. The van der Waals surface area contributed by atoms with Crippen LogP contribution >= 0.6 is 34.2 Å². The molecule has 0 N–H and O–H groups in total. The van der Waals surface area contributed by atoms with Crippen LogP contribution in [0.3, 0.4) is 0 Å². The minimum Gasteiger partial charge on any atom is -0.461 e. The zero-order chi connectivity index (χ0) is 22.2. The molecule has 7 heteroatoms. The van der Waals surface area contributed by atoms with Gasteiger partial charge in [0.2, 0.25) is 0 Å². The molecular weight excluding hydrogens is 547 g/mol. The molecule has 0 saturated heterocycles. The fourth-order valence-corrected chi connectivity index (χ4v) is 5.11. The molecule has 160 valence electrons. The number of ether oxygens (including phenoxy) is 2. The number of carbonyl (C=O) groups is 2. The van der Waals surface area contributed by atoms with Crippen LogP contribution in [-0.4, -0.2) is 29.1 Å². The Bertz CT molecular complexity index is 1010. The second-order valence-corrected chi connectivity index (χ2v) is 10.8. The molecule has 0 heterocycles. The number of hydrogen-bond donors (Lipinski definition) is 0. The van der Waals surface area contributed by atoms with E-state index >= 15 is 0 Å². The molecule has 0 spiro atoms. The minimum absolute atomic E-state index is 0.0227. The zero-order valence-electron chi connectivity index (χ0n) is 16.8. The SMILES string of the molecule is CC(I)C(=O)OCCOC(=O)c1ccc([S+](c2ccccc2)c2ccc(Cl)cc2)cc1. The van der Waals surface area contributed by atoms with Crippen molar-refractivity contribution in [3.8, 4) is 0 Å². The second-order valence-electron chi connectivity index (χ2n) is 6.52. The summed E-state index contributed by atoms with van der Waals surface area (Å²) in [4.78, 5) is 27.1. The highest BCUT2D eigenvalue weighted by Gasteiger charge is 2.28. The Hall–Kier alpha value is -2.03. The van der Waals surface area contributed by atoms with Gasteiger partial charge in [-0.15, -0.1) is 0 Å². The third-order valence-electron chi connectivity index (χ3n) is 4.24. The third-order valence-corrected chi connectivity index (χ3v) is 7.23. The molecule has 3 rings (SSSR count). The first-order chi connectivity index (χ1) is 15.0.